The fourth-order valence-electron chi connectivity index (χ4n) is 3.22. The van der Waals surface area contributed by atoms with Crippen LogP contribution in [0.3, 0.4) is 0 Å². The Morgan fingerprint density at radius 1 is 1.62 bits per heavy atom. The van der Waals surface area contributed by atoms with Gasteiger partial charge in [-0.2, -0.15) is 0 Å². The minimum Gasteiger partial charge on any atom is -0.377 e. The number of carbonyl (C=O) groups excluding carboxylic acids is 1. The van der Waals surface area contributed by atoms with Crippen molar-refractivity contribution in [2.75, 3.05) is 26.4 Å². The molecule has 1 saturated carbocycles. The van der Waals surface area contributed by atoms with Crippen LogP contribution in [-0.2, 0) is 9.47 Å². The molecule has 5 nitrogen and oxygen atoms in total. The second-order valence-electron chi connectivity index (χ2n) is 5.51. The molecule has 1 amide bonds. The number of carbonyl (C=O) groups is 1. The minimum absolute atomic E-state index is 0.0298. The molecule has 2 aliphatic rings. The van der Waals surface area contributed by atoms with E-state index in [1.807, 2.05) is 10.3 Å². The number of aromatic nitrogens is 1. The normalized spacial score (nSPS) is 28.4. The number of hydrogen-bond acceptors (Lipinski definition) is 5. The van der Waals surface area contributed by atoms with Crippen molar-refractivity contribution < 1.29 is 14.3 Å². The van der Waals surface area contributed by atoms with Crippen molar-refractivity contribution in [3.63, 3.8) is 0 Å². The molecule has 0 spiro atoms. The molecule has 0 unspecified atom stereocenters. The number of thiazole rings is 1. The lowest BCUT2D eigenvalue weighted by atomic mass is 10.1. The van der Waals surface area contributed by atoms with Gasteiger partial charge in [0.2, 0.25) is 0 Å². The number of ether oxygens (including phenoxy) is 2. The summed E-state index contributed by atoms with van der Waals surface area (Å²) in [4.78, 5) is 18.6. The number of rotatable bonds is 5. The highest BCUT2D eigenvalue weighted by Crippen LogP contribution is 2.35. The molecule has 2 fully saturated rings. The number of amides is 1. The van der Waals surface area contributed by atoms with Crippen LogP contribution in [0.5, 0.6) is 0 Å². The summed E-state index contributed by atoms with van der Waals surface area (Å²) < 4.78 is 11.4. The van der Waals surface area contributed by atoms with Crippen molar-refractivity contribution >= 4 is 17.2 Å². The Morgan fingerprint density at radius 3 is 3.29 bits per heavy atom. The van der Waals surface area contributed by atoms with Crippen LogP contribution in [0, 0.1) is 5.92 Å². The summed E-state index contributed by atoms with van der Waals surface area (Å²) in [6.07, 6.45) is 3.80. The maximum atomic E-state index is 12.5. The van der Waals surface area contributed by atoms with Gasteiger partial charge in [0.1, 0.15) is 5.69 Å². The molecule has 0 aromatic carbocycles. The van der Waals surface area contributed by atoms with Crippen LogP contribution in [0.15, 0.2) is 23.5 Å². The first-order valence-corrected chi connectivity index (χ1v) is 8.23. The first-order chi connectivity index (χ1) is 10.3. The standard InChI is InChI=1S/C15H20N2O3S/c1-2-4-19-8-11-6-13-14(7-11)20-5-3-17(13)15(18)12-9-21-10-16-12/h2,9-11,13-14H,1,3-8H2/t11-,13-,14-/m0/s1. The Labute approximate surface area is 128 Å². The summed E-state index contributed by atoms with van der Waals surface area (Å²) in [5.74, 6) is 0.478. The Morgan fingerprint density at radius 2 is 2.52 bits per heavy atom. The van der Waals surface area contributed by atoms with E-state index in [9.17, 15) is 4.79 Å². The van der Waals surface area contributed by atoms with E-state index in [4.69, 9.17) is 9.47 Å². The molecule has 3 rings (SSSR count). The smallest absolute Gasteiger partial charge is 0.273 e. The topological polar surface area (TPSA) is 51.7 Å². The molecular formula is C15H20N2O3S. The number of nitrogens with zero attached hydrogens (tertiary/aromatic N) is 2. The van der Waals surface area contributed by atoms with E-state index >= 15 is 0 Å². The van der Waals surface area contributed by atoms with E-state index < -0.39 is 0 Å². The maximum absolute atomic E-state index is 12.5. The van der Waals surface area contributed by atoms with Gasteiger partial charge in [0.15, 0.2) is 0 Å². The maximum Gasteiger partial charge on any atom is 0.273 e. The molecule has 0 bridgehead atoms. The van der Waals surface area contributed by atoms with E-state index in [1.54, 1.807) is 11.6 Å². The molecule has 0 N–H and O–H groups in total. The van der Waals surface area contributed by atoms with Gasteiger partial charge < -0.3 is 14.4 Å². The fraction of sp³-hybridized carbons (Fsp3) is 0.600. The molecular weight excluding hydrogens is 288 g/mol. The van der Waals surface area contributed by atoms with Crippen molar-refractivity contribution in [1.82, 2.24) is 9.88 Å². The highest BCUT2D eigenvalue weighted by Gasteiger charge is 2.43. The van der Waals surface area contributed by atoms with Crippen LogP contribution in [0.25, 0.3) is 0 Å². The predicted octanol–water partition coefficient (Wildman–Crippen LogP) is 1.97. The molecule has 1 saturated heterocycles. The number of fused-ring (bicyclic) bond motifs is 1. The third-order valence-corrected chi connectivity index (χ3v) is 4.72. The molecule has 1 aromatic heterocycles. The lowest BCUT2D eigenvalue weighted by molar-refractivity contribution is -0.0451. The first-order valence-electron chi connectivity index (χ1n) is 7.29. The van der Waals surface area contributed by atoms with Gasteiger partial charge in [0.25, 0.3) is 5.91 Å². The quantitative estimate of drug-likeness (QED) is 0.616. The zero-order chi connectivity index (χ0) is 14.7. The van der Waals surface area contributed by atoms with Crippen LogP contribution in [0.2, 0.25) is 0 Å². The van der Waals surface area contributed by atoms with Crippen molar-refractivity contribution in [3.8, 4) is 0 Å². The molecule has 1 aromatic rings. The highest BCUT2D eigenvalue weighted by atomic mass is 32.1. The van der Waals surface area contributed by atoms with Crippen molar-refractivity contribution in [2.24, 2.45) is 5.92 Å². The number of morpholine rings is 1. The van der Waals surface area contributed by atoms with Crippen LogP contribution in [-0.4, -0.2) is 54.3 Å². The molecule has 2 heterocycles. The predicted molar refractivity (Wildman–Crippen MR) is 80.4 cm³/mol. The second kappa shape index (κ2) is 6.68. The Hall–Kier alpha value is -1.24. The van der Waals surface area contributed by atoms with Gasteiger partial charge in [-0.1, -0.05) is 6.08 Å². The van der Waals surface area contributed by atoms with Gasteiger partial charge in [-0.05, 0) is 18.8 Å². The zero-order valence-corrected chi connectivity index (χ0v) is 12.8. The molecule has 1 aliphatic carbocycles. The molecule has 114 valence electrons. The van der Waals surface area contributed by atoms with Gasteiger partial charge in [-0.25, -0.2) is 4.98 Å². The average Bonchev–Trinajstić information content (AvgIpc) is 3.15. The van der Waals surface area contributed by atoms with Crippen LogP contribution >= 0.6 is 11.3 Å². The highest BCUT2D eigenvalue weighted by molar-refractivity contribution is 7.07. The third-order valence-electron chi connectivity index (χ3n) is 4.14. The summed E-state index contributed by atoms with van der Waals surface area (Å²) in [6.45, 7) is 6.20. The monoisotopic (exact) mass is 308 g/mol. The first kappa shape index (κ1) is 14.7. The molecule has 3 atom stereocenters. The largest absolute Gasteiger partial charge is 0.377 e. The van der Waals surface area contributed by atoms with Gasteiger partial charge >= 0.3 is 0 Å². The van der Waals surface area contributed by atoms with Crippen LogP contribution < -0.4 is 0 Å². The van der Waals surface area contributed by atoms with Gasteiger partial charge in [-0.15, -0.1) is 17.9 Å². The number of hydrogen-bond donors (Lipinski definition) is 0. The van der Waals surface area contributed by atoms with E-state index in [2.05, 4.69) is 11.6 Å². The summed E-state index contributed by atoms with van der Waals surface area (Å²) >= 11 is 1.45. The minimum atomic E-state index is 0.0298. The summed E-state index contributed by atoms with van der Waals surface area (Å²) in [5, 5.41) is 1.81. The van der Waals surface area contributed by atoms with E-state index in [0.29, 0.717) is 38.0 Å². The van der Waals surface area contributed by atoms with E-state index in [1.165, 1.54) is 11.3 Å². The van der Waals surface area contributed by atoms with E-state index in [-0.39, 0.29) is 18.1 Å². The fourth-order valence-corrected chi connectivity index (χ4v) is 3.75. The Kier molecular flexibility index (Phi) is 4.67. The molecule has 0 radical (unpaired) electrons. The summed E-state index contributed by atoms with van der Waals surface area (Å²) in [6, 6.07) is 0.158. The summed E-state index contributed by atoms with van der Waals surface area (Å²) in [5.41, 5.74) is 2.25. The van der Waals surface area contributed by atoms with Crippen molar-refractivity contribution in [3.05, 3.63) is 29.2 Å². The van der Waals surface area contributed by atoms with Gasteiger partial charge in [-0.3, -0.25) is 4.79 Å². The zero-order valence-electron chi connectivity index (χ0n) is 11.9. The van der Waals surface area contributed by atoms with Crippen LogP contribution in [0.4, 0.5) is 0 Å². The molecule has 1 aliphatic heterocycles. The van der Waals surface area contributed by atoms with Crippen molar-refractivity contribution in [2.45, 2.75) is 25.0 Å². The Balaban J connectivity index is 1.64. The molecule has 6 heteroatoms. The lowest BCUT2D eigenvalue weighted by Gasteiger charge is -2.37. The van der Waals surface area contributed by atoms with Crippen molar-refractivity contribution in [1.29, 1.82) is 0 Å². The lowest BCUT2D eigenvalue weighted by Crippen LogP contribution is -2.51. The third kappa shape index (κ3) is 3.17. The van der Waals surface area contributed by atoms with Gasteiger partial charge in [0.05, 0.1) is 30.9 Å². The SMILES string of the molecule is C=CCOC[C@@H]1C[C@@H]2OCCN(C(=O)c3cscn3)[C@H]2C1. The molecule has 21 heavy (non-hydrogen) atoms. The van der Waals surface area contributed by atoms with E-state index in [0.717, 1.165) is 12.8 Å². The average molecular weight is 308 g/mol. The van der Waals surface area contributed by atoms with Gasteiger partial charge in [0, 0.05) is 18.5 Å². The second-order valence-corrected chi connectivity index (χ2v) is 6.23. The summed E-state index contributed by atoms with van der Waals surface area (Å²) in [7, 11) is 0. The van der Waals surface area contributed by atoms with Crippen LogP contribution in [0.1, 0.15) is 23.3 Å². The Bertz CT molecular complexity index is 491.